The van der Waals surface area contributed by atoms with Crippen LogP contribution >= 0.6 is 0 Å². The van der Waals surface area contributed by atoms with Gasteiger partial charge in [-0.1, -0.05) is 19.2 Å². The fourth-order valence-corrected chi connectivity index (χ4v) is 1.34. The number of aromatic nitrogens is 1. The summed E-state index contributed by atoms with van der Waals surface area (Å²) in [6, 6.07) is 0. The molecule has 0 fully saturated rings. The Morgan fingerprint density at radius 1 is 1.36 bits per heavy atom. The van der Waals surface area contributed by atoms with Crippen LogP contribution in [-0.4, -0.2) is 4.57 Å². The van der Waals surface area contributed by atoms with Crippen LogP contribution < -0.4 is 0 Å². The average molecular weight is 147 g/mol. The molecule has 1 aromatic rings. The predicted octanol–water partition coefficient (Wildman–Crippen LogP) is 2.62. The Labute approximate surface area is 67.7 Å². The molecular weight excluding hydrogens is 134 g/mol. The molecule has 0 amide bonds. The molecule has 0 saturated heterocycles. The van der Waals surface area contributed by atoms with Crippen molar-refractivity contribution in [2.24, 2.45) is 7.05 Å². The number of hydrogen-bond donors (Lipinski definition) is 0. The van der Waals surface area contributed by atoms with Crippen molar-refractivity contribution in [2.45, 2.75) is 6.92 Å². The molecule has 0 N–H and O–H groups in total. The normalized spacial score (nSPS) is 9.64. The van der Waals surface area contributed by atoms with Gasteiger partial charge in [-0.25, -0.2) is 0 Å². The molecule has 0 aliphatic carbocycles. The Hall–Kier alpha value is -1.24. The van der Waals surface area contributed by atoms with Gasteiger partial charge in [-0.05, 0) is 18.6 Å². The third-order valence-corrected chi connectivity index (χ3v) is 1.87. The molecule has 1 nitrogen and oxygen atoms in total. The largest absolute Gasteiger partial charge is 0.350 e. The summed E-state index contributed by atoms with van der Waals surface area (Å²) in [5, 5.41) is 0. The molecule has 0 aromatic carbocycles. The first-order valence-corrected chi connectivity index (χ1v) is 3.61. The van der Waals surface area contributed by atoms with Gasteiger partial charge in [0.05, 0.1) is 0 Å². The van der Waals surface area contributed by atoms with Gasteiger partial charge in [0, 0.05) is 24.5 Å². The molecule has 58 valence electrons. The molecule has 0 spiro atoms. The van der Waals surface area contributed by atoms with Crippen molar-refractivity contribution in [3.8, 4) is 0 Å². The van der Waals surface area contributed by atoms with Crippen molar-refractivity contribution < 1.29 is 0 Å². The molecule has 1 heterocycles. The van der Waals surface area contributed by atoms with E-state index in [1.54, 1.807) is 0 Å². The van der Waals surface area contributed by atoms with Crippen LogP contribution in [0.3, 0.4) is 0 Å². The van der Waals surface area contributed by atoms with Crippen molar-refractivity contribution in [2.75, 3.05) is 0 Å². The lowest BCUT2D eigenvalue weighted by atomic mass is 10.1. The van der Waals surface area contributed by atoms with Crippen molar-refractivity contribution in [3.05, 3.63) is 36.2 Å². The lowest BCUT2D eigenvalue weighted by molar-refractivity contribution is 0.912. The van der Waals surface area contributed by atoms with Crippen molar-refractivity contribution in [1.29, 1.82) is 0 Å². The molecule has 1 rings (SSSR count). The zero-order chi connectivity index (χ0) is 8.43. The summed E-state index contributed by atoms with van der Waals surface area (Å²) in [5.74, 6) is 0. The fraction of sp³-hybridized carbons (Fsp3) is 0.200. The van der Waals surface area contributed by atoms with Crippen LogP contribution in [0.15, 0.2) is 19.4 Å². The fourth-order valence-electron chi connectivity index (χ4n) is 1.34. The summed E-state index contributed by atoms with van der Waals surface area (Å²) in [5.41, 5.74) is 3.57. The third kappa shape index (κ3) is 1.14. The van der Waals surface area contributed by atoms with E-state index in [4.69, 9.17) is 0 Å². The molecule has 0 bridgehead atoms. The quantitative estimate of drug-likeness (QED) is 0.606. The van der Waals surface area contributed by atoms with Crippen LogP contribution in [0.25, 0.3) is 12.2 Å². The van der Waals surface area contributed by atoms with E-state index in [-0.39, 0.29) is 0 Å². The first-order chi connectivity index (χ1) is 5.20. The van der Waals surface area contributed by atoms with Gasteiger partial charge in [0.25, 0.3) is 0 Å². The van der Waals surface area contributed by atoms with E-state index >= 15 is 0 Å². The summed E-state index contributed by atoms with van der Waals surface area (Å²) in [6.45, 7) is 9.57. The van der Waals surface area contributed by atoms with E-state index in [0.717, 1.165) is 5.69 Å². The number of hydrogen-bond acceptors (Lipinski definition) is 0. The maximum atomic E-state index is 3.75. The molecule has 0 atom stereocenters. The second kappa shape index (κ2) is 2.79. The van der Waals surface area contributed by atoms with Crippen LogP contribution in [0, 0.1) is 6.92 Å². The molecule has 0 saturated carbocycles. The molecule has 1 heteroatoms. The zero-order valence-corrected chi connectivity index (χ0v) is 7.09. The smallest absolute Gasteiger partial charge is 0.0474 e. The van der Waals surface area contributed by atoms with E-state index < -0.39 is 0 Å². The highest BCUT2D eigenvalue weighted by molar-refractivity contribution is 5.64. The van der Waals surface area contributed by atoms with Gasteiger partial charge in [-0.15, -0.1) is 0 Å². The van der Waals surface area contributed by atoms with E-state index in [0.29, 0.717) is 0 Å². The van der Waals surface area contributed by atoms with Crippen LogP contribution in [-0.2, 0) is 7.05 Å². The Morgan fingerprint density at radius 2 is 2.00 bits per heavy atom. The van der Waals surface area contributed by atoms with E-state index in [1.165, 1.54) is 11.1 Å². The second-order valence-electron chi connectivity index (χ2n) is 2.63. The van der Waals surface area contributed by atoms with Crippen LogP contribution in [0.5, 0.6) is 0 Å². The van der Waals surface area contributed by atoms with Gasteiger partial charge in [-0.3, -0.25) is 0 Å². The topological polar surface area (TPSA) is 4.93 Å². The average Bonchev–Trinajstić information content (AvgIpc) is 2.24. The van der Waals surface area contributed by atoms with Crippen molar-refractivity contribution in [1.82, 2.24) is 4.57 Å². The molecular formula is C10H13N. The first kappa shape index (κ1) is 7.86. The second-order valence-corrected chi connectivity index (χ2v) is 2.63. The van der Waals surface area contributed by atoms with Crippen LogP contribution in [0.2, 0.25) is 0 Å². The van der Waals surface area contributed by atoms with Crippen molar-refractivity contribution >= 4 is 12.2 Å². The molecule has 0 aliphatic rings. The summed E-state index contributed by atoms with van der Waals surface area (Å²) < 4.78 is 2.05. The third-order valence-electron chi connectivity index (χ3n) is 1.87. The standard InChI is InChI=1S/C10H13N/c1-5-9-8(3)7-11(4)10(9)6-2/h5-7H,1-2H2,3-4H3. The molecule has 0 unspecified atom stereocenters. The summed E-state index contributed by atoms with van der Waals surface area (Å²) in [4.78, 5) is 0. The van der Waals surface area contributed by atoms with E-state index in [1.807, 2.05) is 19.2 Å². The van der Waals surface area contributed by atoms with E-state index in [9.17, 15) is 0 Å². The maximum Gasteiger partial charge on any atom is 0.0474 e. The SMILES string of the molecule is C=Cc1c(C)cn(C)c1C=C. The van der Waals surface area contributed by atoms with Crippen molar-refractivity contribution in [3.63, 3.8) is 0 Å². The van der Waals surface area contributed by atoms with Gasteiger partial charge in [0.1, 0.15) is 0 Å². The minimum atomic E-state index is 1.14. The molecule has 11 heavy (non-hydrogen) atoms. The van der Waals surface area contributed by atoms with Gasteiger partial charge in [-0.2, -0.15) is 0 Å². The van der Waals surface area contributed by atoms with Gasteiger partial charge in [0.2, 0.25) is 0 Å². The Kier molecular flexibility index (Phi) is 1.99. The summed E-state index contributed by atoms with van der Waals surface area (Å²) in [6.07, 6.45) is 5.80. The summed E-state index contributed by atoms with van der Waals surface area (Å²) >= 11 is 0. The Bertz CT molecular complexity index is 264. The summed E-state index contributed by atoms with van der Waals surface area (Å²) in [7, 11) is 2.01. The van der Waals surface area contributed by atoms with Crippen LogP contribution in [0.4, 0.5) is 0 Å². The minimum absolute atomic E-state index is 1.14. The first-order valence-electron chi connectivity index (χ1n) is 3.61. The molecule has 0 aliphatic heterocycles. The highest BCUT2D eigenvalue weighted by Crippen LogP contribution is 2.17. The number of rotatable bonds is 2. The molecule has 1 aromatic heterocycles. The lowest BCUT2D eigenvalue weighted by Crippen LogP contribution is -1.87. The van der Waals surface area contributed by atoms with Gasteiger partial charge < -0.3 is 4.57 Å². The van der Waals surface area contributed by atoms with Crippen LogP contribution in [0.1, 0.15) is 16.8 Å². The number of nitrogens with zero attached hydrogens (tertiary/aromatic N) is 1. The number of aryl methyl sites for hydroxylation is 2. The highest BCUT2D eigenvalue weighted by atomic mass is 14.9. The Balaban J connectivity index is 3.39. The monoisotopic (exact) mass is 147 g/mol. The highest BCUT2D eigenvalue weighted by Gasteiger charge is 2.03. The minimum Gasteiger partial charge on any atom is -0.350 e. The molecule has 0 radical (unpaired) electrons. The zero-order valence-electron chi connectivity index (χ0n) is 7.09. The predicted molar refractivity (Wildman–Crippen MR) is 50.3 cm³/mol. The Morgan fingerprint density at radius 3 is 2.36 bits per heavy atom. The van der Waals surface area contributed by atoms with E-state index in [2.05, 4.69) is 30.8 Å². The van der Waals surface area contributed by atoms with Gasteiger partial charge in [0.15, 0.2) is 0 Å². The van der Waals surface area contributed by atoms with Gasteiger partial charge >= 0.3 is 0 Å². The maximum absolute atomic E-state index is 3.75. The lowest BCUT2D eigenvalue weighted by Gasteiger charge is -1.96.